The highest BCUT2D eigenvalue weighted by Crippen LogP contribution is 2.29. The molecule has 3 rings (SSSR count). The van der Waals surface area contributed by atoms with Crippen molar-refractivity contribution in [3.05, 3.63) is 86.0 Å². The summed E-state index contributed by atoms with van der Waals surface area (Å²) in [6.07, 6.45) is 7.60. The zero-order chi connectivity index (χ0) is 26.8. The first-order chi connectivity index (χ1) is 17.8. The van der Waals surface area contributed by atoms with E-state index in [1.165, 1.54) is 25.5 Å². The monoisotopic (exact) mass is 508 g/mol. The van der Waals surface area contributed by atoms with Crippen LogP contribution in [0.15, 0.2) is 59.0 Å². The highest BCUT2D eigenvalue weighted by molar-refractivity contribution is 5.99. The summed E-state index contributed by atoms with van der Waals surface area (Å²) in [6, 6.07) is 9.43. The highest BCUT2D eigenvalue weighted by atomic mass is 16.6. The molecule has 0 amide bonds. The van der Waals surface area contributed by atoms with Crippen LogP contribution in [0.25, 0.3) is 0 Å². The molecule has 0 radical (unpaired) electrons. The first-order valence-electron chi connectivity index (χ1n) is 11.7. The van der Waals surface area contributed by atoms with Crippen molar-refractivity contribution in [2.75, 3.05) is 13.7 Å². The summed E-state index contributed by atoms with van der Waals surface area (Å²) in [5, 5.41) is 31.1. The molecular formula is C25H28N6O6. The molecule has 1 aromatic heterocycles. The summed E-state index contributed by atoms with van der Waals surface area (Å²) in [5.74, 6) is 0.890. The predicted octanol–water partition coefficient (Wildman–Crippen LogP) is 5.17. The van der Waals surface area contributed by atoms with Crippen LogP contribution in [0.4, 0.5) is 11.4 Å². The Balaban J connectivity index is 1.74. The van der Waals surface area contributed by atoms with E-state index >= 15 is 0 Å². The number of nitro benzene ring substituents is 2. The van der Waals surface area contributed by atoms with Crippen LogP contribution in [0, 0.1) is 20.2 Å². The van der Waals surface area contributed by atoms with Crippen molar-refractivity contribution in [3.8, 4) is 11.5 Å². The number of unbranched alkanes of at least 4 members (excludes halogenated alkanes) is 2. The fourth-order valence-corrected chi connectivity index (χ4v) is 3.52. The van der Waals surface area contributed by atoms with Gasteiger partial charge in [-0.2, -0.15) is 10.2 Å². The Morgan fingerprint density at radius 1 is 1.08 bits per heavy atom. The van der Waals surface area contributed by atoms with Crippen molar-refractivity contribution in [1.82, 2.24) is 9.55 Å². The molecule has 0 saturated heterocycles. The first-order valence-corrected chi connectivity index (χ1v) is 11.7. The van der Waals surface area contributed by atoms with Crippen LogP contribution >= 0.6 is 0 Å². The van der Waals surface area contributed by atoms with E-state index in [2.05, 4.69) is 22.1 Å². The Morgan fingerprint density at radius 3 is 2.51 bits per heavy atom. The largest absolute Gasteiger partial charge is 0.490 e. The molecule has 0 saturated carbocycles. The van der Waals surface area contributed by atoms with Gasteiger partial charge in [-0.1, -0.05) is 25.8 Å². The van der Waals surface area contributed by atoms with Gasteiger partial charge < -0.3 is 14.0 Å². The molecule has 0 unspecified atom stereocenters. The van der Waals surface area contributed by atoms with Gasteiger partial charge in [0.15, 0.2) is 17.3 Å². The van der Waals surface area contributed by atoms with Gasteiger partial charge in [-0.15, -0.1) is 0 Å². The zero-order valence-electron chi connectivity index (χ0n) is 20.9. The lowest BCUT2D eigenvalue weighted by atomic mass is 10.1. The van der Waals surface area contributed by atoms with Crippen molar-refractivity contribution in [1.29, 1.82) is 0 Å². The minimum atomic E-state index is -0.494. The second-order valence-corrected chi connectivity index (χ2v) is 8.10. The average molecular weight is 509 g/mol. The number of benzene rings is 2. The molecule has 0 spiro atoms. The standard InChI is InChI=1S/C25H28N6O6/c1-4-5-6-13-37-24-10-8-20(15-22(24)31(34)35)18(2)28-27-16-25-26-11-12-29(25)17-19-7-9-23(36-3)21(14-19)30(32)33/h7-12,14-16H,4-6,13,17H2,1-3H3/b27-16-,28-18-. The van der Waals surface area contributed by atoms with Gasteiger partial charge in [-0.05, 0) is 37.1 Å². The summed E-state index contributed by atoms with van der Waals surface area (Å²) < 4.78 is 12.4. The molecule has 0 N–H and O–H groups in total. The van der Waals surface area contributed by atoms with Crippen LogP contribution in [0.1, 0.15) is 50.1 Å². The third kappa shape index (κ3) is 7.19. The third-order valence-corrected chi connectivity index (χ3v) is 5.50. The van der Waals surface area contributed by atoms with Crippen LogP contribution in [0.3, 0.4) is 0 Å². The highest BCUT2D eigenvalue weighted by Gasteiger charge is 2.17. The smallest absolute Gasteiger partial charge is 0.311 e. The Labute approximate surface area is 213 Å². The van der Waals surface area contributed by atoms with Gasteiger partial charge in [0.25, 0.3) is 0 Å². The summed E-state index contributed by atoms with van der Waals surface area (Å²) >= 11 is 0. The van der Waals surface area contributed by atoms with E-state index in [-0.39, 0.29) is 22.9 Å². The maximum Gasteiger partial charge on any atom is 0.311 e. The van der Waals surface area contributed by atoms with Gasteiger partial charge in [-0.25, -0.2) is 4.98 Å². The number of hydrogen-bond donors (Lipinski definition) is 0. The quantitative estimate of drug-likeness (QED) is 0.134. The van der Waals surface area contributed by atoms with Crippen LogP contribution in [-0.4, -0.2) is 45.0 Å². The van der Waals surface area contributed by atoms with E-state index in [1.807, 2.05) is 0 Å². The second kappa shape index (κ2) is 12.9. The molecule has 0 aliphatic carbocycles. The number of imidazole rings is 1. The Morgan fingerprint density at radius 2 is 1.81 bits per heavy atom. The fraction of sp³-hybridized carbons (Fsp3) is 0.320. The number of hydrogen-bond acceptors (Lipinski definition) is 9. The number of rotatable bonds is 13. The van der Waals surface area contributed by atoms with Gasteiger partial charge in [0.05, 0.1) is 35.5 Å². The van der Waals surface area contributed by atoms with Crippen molar-refractivity contribution in [2.45, 2.75) is 39.7 Å². The number of nitro groups is 2. The molecule has 3 aromatic rings. The van der Waals surface area contributed by atoms with E-state index < -0.39 is 9.85 Å². The molecule has 0 fully saturated rings. The summed E-state index contributed by atoms with van der Waals surface area (Å²) in [5.41, 5.74) is 1.45. The predicted molar refractivity (Wildman–Crippen MR) is 139 cm³/mol. The summed E-state index contributed by atoms with van der Waals surface area (Å²) in [4.78, 5) is 26.1. The molecule has 12 heteroatoms. The molecule has 1 heterocycles. The molecule has 0 bridgehead atoms. The lowest BCUT2D eigenvalue weighted by Gasteiger charge is -2.08. The topological polar surface area (TPSA) is 147 Å². The molecule has 2 aromatic carbocycles. The minimum Gasteiger partial charge on any atom is -0.490 e. The van der Waals surface area contributed by atoms with E-state index in [9.17, 15) is 20.2 Å². The van der Waals surface area contributed by atoms with Crippen molar-refractivity contribution in [3.63, 3.8) is 0 Å². The maximum absolute atomic E-state index is 11.5. The average Bonchev–Trinajstić information content (AvgIpc) is 3.33. The van der Waals surface area contributed by atoms with E-state index in [4.69, 9.17) is 9.47 Å². The van der Waals surface area contributed by atoms with Crippen LogP contribution < -0.4 is 9.47 Å². The Hall–Kier alpha value is -4.61. The minimum absolute atomic E-state index is 0.123. The van der Waals surface area contributed by atoms with Gasteiger partial charge in [0.1, 0.15) is 0 Å². The first kappa shape index (κ1) is 27.0. The number of nitrogens with zero attached hydrogens (tertiary/aromatic N) is 6. The van der Waals surface area contributed by atoms with E-state index in [1.54, 1.807) is 48.1 Å². The number of ether oxygens (including phenoxy) is 2. The molecule has 37 heavy (non-hydrogen) atoms. The third-order valence-electron chi connectivity index (χ3n) is 5.50. The SMILES string of the molecule is CCCCCOc1ccc(/C(C)=N\N=C/c2nccn2Cc2ccc(OC)c([N+](=O)[O-])c2)cc1[N+](=O)[O-]. The second-order valence-electron chi connectivity index (χ2n) is 8.10. The normalized spacial score (nSPS) is 11.6. The zero-order valence-corrected chi connectivity index (χ0v) is 20.9. The van der Waals surface area contributed by atoms with Crippen LogP contribution in [0.2, 0.25) is 0 Å². The van der Waals surface area contributed by atoms with Crippen LogP contribution in [-0.2, 0) is 6.54 Å². The number of methoxy groups -OCH3 is 1. The van der Waals surface area contributed by atoms with Crippen LogP contribution in [0.5, 0.6) is 11.5 Å². The summed E-state index contributed by atoms with van der Waals surface area (Å²) in [7, 11) is 1.38. The maximum atomic E-state index is 11.5. The molecule has 0 atom stereocenters. The van der Waals surface area contributed by atoms with Crippen molar-refractivity contribution >= 4 is 23.3 Å². The lowest BCUT2D eigenvalue weighted by Crippen LogP contribution is -2.05. The Bertz CT molecular complexity index is 1320. The molecule has 0 aliphatic heterocycles. The molecular weight excluding hydrogens is 480 g/mol. The lowest BCUT2D eigenvalue weighted by molar-refractivity contribution is -0.386. The fourth-order valence-electron chi connectivity index (χ4n) is 3.52. The van der Waals surface area contributed by atoms with E-state index in [0.29, 0.717) is 35.8 Å². The van der Waals surface area contributed by atoms with Gasteiger partial charge in [-0.3, -0.25) is 20.2 Å². The Kier molecular flexibility index (Phi) is 9.41. The van der Waals surface area contributed by atoms with Crippen molar-refractivity contribution in [2.24, 2.45) is 10.2 Å². The van der Waals surface area contributed by atoms with E-state index in [0.717, 1.165) is 19.3 Å². The van der Waals surface area contributed by atoms with Gasteiger partial charge >= 0.3 is 11.4 Å². The van der Waals surface area contributed by atoms with Gasteiger partial charge in [0, 0.05) is 36.6 Å². The van der Waals surface area contributed by atoms with Crippen molar-refractivity contribution < 1.29 is 19.3 Å². The van der Waals surface area contributed by atoms with Gasteiger partial charge in [0.2, 0.25) is 0 Å². The molecule has 12 nitrogen and oxygen atoms in total. The molecule has 0 aliphatic rings. The summed E-state index contributed by atoms with van der Waals surface area (Å²) in [6.45, 7) is 4.51. The number of aromatic nitrogens is 2. The molecule has 194 valence electrons.